The number of carbonyl (C=O) groups is 3. The first-order chi connectivity index (χ1) is 12.9. The van der Waals surface area contributed by atoms with Crippen LogP contribution in [0.15, 0.2) is 35.0 Å². The summed E-state index contributed by atoms with van der Waals surface area (Å²) in [6.45, 7) is 5.75. The summed E-state index contributed by atoms with van der Waals surface area (Å²) in [7, 11) is 0. The fourth-order valence-corrected chi connectivity index (χ4v) is 2.98. The van der Waals surface area contributed by atoms with Gasteiger partial charge in [-0.2, -0.15) is 11.3 Å². The maximum absolute atomic E-state index is 12.2. The molecule has 2 N–H and O–H groups in total. The maximum atomic E-state index is 12.2. The second-order valence-electron chi connectivity index (χ2n) is 6.31. The Labute approximate surface area is 162 Å². The van der Waals surface area contributed by atoms with E-state index in [1.54, 1.807) is 11.4 Å². The standard InChI is InChI=1S/C20H24N2O4S/c1-13-6-7-14(2)17(11-13)22-19(24)15(3)26-18(23)5-4-9-21-20(25)16-8-10-27-12-16/h6-8,10-12,15H,4-5,9H2,1-3H3,(H,21,25)(H,22,24). The van der Waals surface area contributed by atoms with Gasteiger partial charge in [0.2, 0.25) is 0 Å². The summed E-state index contributed by atoms with van der Waals surface area (Å²) >= 11 is 1.45. The lowest BCUT2D eigenvalue weighted by Crippen LogP contribution is -2.30. The quantitative estimate of drug-likeness (QED) is 0.536. The highest BCUT2D eigenvalue weighted by Crippen LogP contribution is 2.17. The van der Waals surface area contributed by atoms with Crippen molar-refractivity contribution in [2.45, 2.75) is 39.7 Å². The molecule has 0 aliphatic rings. The van der Waals surface area contributed by atoms with Gasteiger partial charge in [0.05, 0.1) is 0 Å². The summed E-state index contributed by atoms with van der Waals surface area (Å²) in [5.41, 5.74) is 3.29. The van der Waals surface area contributed by atoms with Crippen LogP contribution in [-0.4, -0.2) is 30.4 Å². The second-order valence-corrected chi connectivity index (χ2v) is 7.09. The fourth-order valence-electron chi connectivity index (χ4n) is 2.34. The number of esters is 1. The predicted octanol–water partition coefficient (Wildman–Crippen LogP) is 3.45. The van der Waals surface area contributed by atoms with Crippen LogP contribution >= 0.6 is 11.3 Å². The summed E-state index contributed by atoms with van der Waals surface area (Å²) in [5.74, 6) is -1.00. The zero-order valence-corrected chi connectivity index (χ0v) is 16.5. The second kappa shape index (κ2) is 9.87. The van der Waals surface area contributed by atoms with E-state index in [0.717, 1.165) is 11.1 Å². The van der Waals surface area contributed by atoms with Crippen LogP contribution in [-0.2, 0) is 14.3 Å². The molecule has 0 aliphatic carbocycles. The van der Waals surface area contributed by atoms with Crippen molar-refractivity contribution in [3.8, 4) is 0 Å². The van der Waals surface area contributed by atoms with Gasteiger partial charge in [-0.15, -0.1) is 0 Å². The highest BCUT2D eigenvalue weighted by Gasteiger charge is 2.18. The summed E-state index contributed by atoms with van der Waals surface area (Å²) in [6.07, 6.45) is -0.316. The Bertz CT molecular complexity index is 802. The normalized spacial score (nSPS) is 11.5. The lowest BCUT2D eigenvalue weighted by atomic mass is 10.1. The number of amides is 2. The number of benzene rings is 1. The molecule has 2 aromatic rings. The van der Waals surface area contributed by atoms with E-state index in [4.69, 9.17) is 4.74 Å². The Hall–Kier alpha value is -2.67. The SMILES string of the molecule is Cc1ccc(C)c(NC(=O)C(C)OC(=O)CCCNC(=O)c2ccsc2)c1. The van der Waals surface area contributed by atoms with Crippen LogP contribution in [0.5, 0.6) is 0 Å². The van der Waals surface area contributed by atoms with E-state index in [2.05, 4.69) is 10.6 Å². The van der Waals surface area contributed by atoms with Gasteiger partial charge in [-0.05, 0) is 55.8 Å². The van der Waals surface area contributed by atoms with Gasteiger partial charge >= 0.3 is 5.97 Å². The van der Waals surface area contributed by atoms with Crippen LogP contribution in [0.1, 0.15) is 41.3 Å². The minimum absolute atomic E-state index is 0.130. The molecule has 2 rings (SSSR count). The topological polar surface area (TPSA) is 84.5 Å². The highest BCUT2D eigenvalue weighted by atomic mass is 32.1. The molecule has 1 unspecified atom stereocenters. The minimum Gasteiger partial charge on any atom is -0.453 e. The minimum atomic E-state index is -0.891. The molecule has 1 aromatic carbocycles. The molecule has 27 heavy (non-hydrogen) atoms. The molecule has 0 aliphatic heterocycles. The van der Waals surface area contributed by atoms with Crippen LogP contribution < -0.4 is 10.6 Å². The molecule has 0 spiro atoms. The molecular weight excluding hydrogens is 364 g/mol. The Morgan fingerprint density at radius 2 is 1.96 bits per heavy atom. The third kappa shape index (κ3) is 6.53. The largest absolute Gasteiger partial charge is 0.453 e. The molecule has 1 aromatic heterocycles. The lowest BCUT2D eigenvalue weighted by molar-refractivity contribution is -0.153. The van der Waals surface area contributed by atoms with Crippen LogP contribution in [0.3, 0.4) is 0 Å². The van der Waals surface area contributed by atoms with E-state index in [1.165, 1.54) is 18.3 Å². The summed E-state index contributed by atoms with van der Waals surface area (Å²) in [4.78, 5) is 35.9. The Kier molecular flexibility index (Phi) is 7.55. The van der Waals surface area contributed by atoms with Crippen molar-refractivity contribution < 1.29 is 19.1 Å². The van der Waals surface area contributed by atoms with Crippen molar-refractivity contribution in [3.63, 3.8) is 0 Å². The van der Waals surface area contributed by atoms with E-state index >= 15 is 0 Å². The van der Waals surface area contributed by atoms with Crippen LogP contribution in [0, 0.1) is 13.8 Å². The van der Waals surface area contributed by atoms with Crippen molar-refractivity contribution in [2.75, 3.05) is 11.9 Å². The van der Waals surface area contributed by atoms with Crippen molar-refractivity contribution >= 4 is 34.8 Å². The van der Waals surface area contributed by atoms with Crippen molar-refractivity contribution in [1.29, 1.82) is 0 Å². The van der Waals surface area contributed by atoms with E-state index in [0.29, 0.717) is 24.2 Å². The van der Waals surface area contributed by atoms with Crippen LogP contribution in [0.2, 0.25) is 0 Å². The lowest BCUT2D eigenvalue weighted by Gasteiger charge is -2.15. The fraction of sp³-hybridized carbons (Fsp3) is 0.350. The van der Waals surface area contributed by atoms with Gasteiger partial charge in [-0.25, -0.2) is 0 Å². The summed E-state index contributed by atoms with van der Waals surface area (Å²) < 4.78 is 5.17. The van der Waals surface area contributed by atoms with Gasteiger partial charge in [0.25, 0.3) is 11.8 Å². The summed E-state index contributed by atoms with van der Waals surface area (Å²) in [5, 5.41) is 9.12. The van der Waals surface area contributed by atoms with E-state index in [9.17, 15) is 14.4 Å². The smallest absolute Gasteiger partial charge is 0.306 e. The Morgan fingerprint density at radius 1 is 1.19 bits per heavy atom. The molecule has 0 bridgehead atoms. The zero-order chi connectivity index (χ0) is 19.8. The van der Waals surface area contributed by atoms with Gasteiger partial charge in [0.15, 0.2) is 6.10 Å². The number of hydrogen-bond acceptors (Lipinski definition) is 5. The number of ether oxygens (including phenoxy) is 1. The molecule has 1 heterocycles. The van der Waals surface area contributed by atoms with Gasteiger partial charge < -0.3 is 15.4 Å². The molecule has 2 amide bonds. The van der Waals surface area contributed by atoms with Gasteiger partial charge in [0, 0.05) is 29.6 Å². The van der Waals surface area contributed by atoms with Gasteiger partial charge in [-0.3, -0.25) is 14.4 Å². The third-order valence-electron chi connectivity index (χ3n) is 3.95. The van der Waals surface area contributed by atoms with Gasteiger partial charge in [-0.1, -0.05) is 12.1 Å². The van der Waals surface area contributed by atoms with Gasteiger partial charge in [0.1, 0.15) is 0 Å². The van der Waals surface area contributed by atoms with E-state index in [-0.39, 0.29) is 18.2 Å². The third-order valence-corrected chi connectivity index (χ3v) is 4.64. The zero-order valence-electron chi connectivity index (χ0n) is 15.7. The molecular formula is C20H24N2O4S. The average molecular weight is 388 g/mol. The molecule has 6 nitrogen and oxygen atoms in total. The first-order valence-corrected chi connectivity index (χ1v) is 9.69. The molecule has 7 heteroatoms. The van der Waals surface area contributed by atoms with Crippen molar-refractivity contribution in [1.82, 2.24) is 5.32 Å². The van der Waals surface area contributed by atoms with E-state index < -0.39 is 12.1 Å². The maximum Gasteiger partial charge on any atom is 0.306 e. The number of carbonyl (C=O) groups excluding carboxylic acids is 3. The average Bonchev–Trinajstić information content (AvgIpc) is 3.16. The number of nitrogens with one attached hydrogen (secondary N) is 2. The van der Waals surface area contributed by atoms with Crippen LogP contribution in [0.4, 0.5) is 5.69 Å². The number of rotatable bonds is 8. The number of anilines is 1. The van der Waals surface area contributed by atoms with Crippen LogP contribution in [0.25, 0.3) is 0 Å². The predicted molar refractivity (Wildman–Crippen MR) is 106 cm³/mol. The first kappa shape index (κ1) is 20.6. The number of hydrogen-bond donors (Lipinski definition) is 2. The molecule has 144 valence electrons. The molecule has 0 saturated heterocycles. The molecule has 0 radical (unpaired) electrons. The molecule has 1 atom stereocenters. The molecule has 0 fully saturated rings. The highest BCUT2D eigenvalue weighted by molar-refractivity contribution is 7.08. The summed E-state index contributed by atoms with van der Waals surface area (Å²) in [6, 6.07) is 7.50. The Balaban J connectivity index is 1.70. The number of aryl methyl sites for hydroxylation is 2. The Morgan fingerprint density at radius 3 is 2.67 bits per heavy atom. The van der Waals surface area contributed by atoms with Crippen molar-refractivity contribution in [2.24, 2.45) is 0 Å². The first-order valence-electron chi connectivity index (χ1n) is 8.75. The monoisotopic (exact) mass is 388 g/mol. The molecule has 0 saturated carbocycles. The van der Waals surface area contributed by atoms with Crippen molar-refractivity contribution in [3.05, 3.63) is 51.7 Å². The number of thiophene rings is 1. The van der Waals surface area contributed by atoms with E-state index in [1.807, 2.05) is 37.4 Å².